The second kappa shape index (κ2) is 5.44. The Bertz CT molecular complexity index is 393. The van der Waals surface area contributed by atoms with Crippen LogP contribution in [0.15, 0.2) is 0 Å². The number of aryl methyl sites for hydroxylation is 1. The molecule has 5 nitrogen and oxygen atoms in total. The summed E-state index contributed by atoms with van der Waals surface area (Å²) in [6.45, 7) is 5.59. The van der Waals surface area contributed by atoms with Gasteiger partial charge < -0.3 is 10.2 Å². The van der Waals surface area contributed by atoms with Gasteiger partial charge in [0.05, 0.1) is 0 Å². The summed E-state index contributed by atoms with van der Waals surface area (Å²) in [4.78, 5) is 17.8. The summed E-state index contributed by atoms with van der Waals surface area (Å²) in [5.41, 5.74) is 0. The van der Waals surface area contributed by atoms with Crippen LogP contribution in [0.2, 0.25) is 0 Å². The molecule has 0 spiro atoms. The molecule has 1 amide bonds. The number of rotatable bonds is 4. The predicted molar refractivity (Wildman–Crippen MR) is 68.2 cm³/mol. The van der Waals surface area contributed by atoms with E-state index in [-0.39, 0.29) is 5.91 Å². The van der Waals surface area contributed by atoms with Gasteiger partial charge in [0, 0.05) is 43.5 Å². The number of anilines is 1. The topological polar surface area (TPSA) is 58.1 Å². The predicted octanol–water partition coefficient (Wildman–Crippen LogP) is 1.52. The van der Waals surface area contributed by atoms with E-state index < -0.39 is 0 Å². The van der Waals surface area contributed by atoms with Gasteiger partial charge in [0.1, 0.15) is 5.82 Å². The molecule has 1 N–H and O–H groups in total. The average Bonchev–Trinajstić information content (AvgIpc) is 2.97. The van der Waals surface area contributed by atoms with Crippen molar-refractivity contribution in [2.75, 3.05) is 18.4 Å². The third kappa shape index (κ3) is 2.94. The van der Waals surface area contributed by atoms with Crippen LogP contribution in [0.25, 0.3) is 0 Å². The van der Waals surface area contributed by atoms with Gasteiger partial charge in [-0.1, -0.05) is 13.8 Å². The van der Waals surface area contributed by atoms with Gasteiger partial charge in [-0.25, -0.2) is 4.98 Å². The van der Waals surface area contributed by atoms with Gasteiger partial charge >= 0.3 is 0 Å². The van der Waals surface area contributed by atoms with Gasteiger partial charge in [-0.05, 0) is 6.42 Å². The van der Waals surface area contributed by atoms with Crippen molar-refractivity contribution in [3.8, 4) is 0 Å². The molecule has 0 aliphatic carbocycles. The van der Waals surface area contributed by atoms with Crippen LogP contribution in [0.3, 0.4) is 0 Å². The number of hydrogen-bond donors (Lipinski definition) is 1. The molecule has 1 atom stereocenters. The molecule has 6 heteroatoms. The zero-order chi connectivity index (χ0) is 12.3. The minimum atomic E-state index is 0.237. The summed E-state index contributed by atoms with van der Waals surface area (Å²) in [5.74, 6) is 1.12. The first-order valence-corrected chi connectivity index (χ1v) is 6.87. The van der Waals surface area contributed by atoms with E-state index in [1.165, 1.54) is 11.5 Å². The molecule has 1 aliphatic rings. The molecule has 1 aromatic rings. The van der Waals surface area contributed by atoms with Gasteiger partial charge in [0.2, 0.25) is 11.0 Å². The molecule has 0 aromatic carbocycles. The minimum absolute atomic E-state index is 0.237. The first-order valence-electron chi connectivity index (χ1n) is 6.09. The number of hydrogen-bond acceptors (Lipinski definition) is 5. The second-order valence-electron chi connectivity index (χ2n) is 4.19. The maximum absolute atomic E-state index is 11.5. The van der Waals surface area contributed by atoms with Crippen LogP contribution in [0.5, 0.6) is 0 Å². The van der Waals surface area contributed by atoms with Gasteiger partial charge in [-0.2, -0.15) is 4.37 Å². The lowest BCUT2D eigenvalue weighted by Crippen LogP contribution is -2.30. The second-order valence-corrected chi connectivity index (χ2v) is 4.94. The van der Waals surface area contributed by atoms with Crippen LogP contribution in [0.1, 0.15) is 32.5 Å². The van der Waals surface area contributed by atoms with Gasteiger partial charge in [-0.15, -0.1) is 0 Å². The third-order valence-electron chi connectivity index (χ3n) is 2.96. The van der Waals surface area contributed by atoms with Crippen molar-refractivity contribution in [3.63, 3.8) is 0 Å². The Labute approximate surface area is 105 Å². The first kappa shape index (κ1) is 12.3. The number of nitrogens with one attached hydrogen (secondary N) is 1. The number of carbonyl (C=O) groups is 1. The number of amides is 1. The zero-order valence-corrected chi connectivity index (χ0v) is 11.1. The standard InChI is InChI=1S/C11H18N4OS/c1-3-9-13-11(17-14-9)12-8-5-6-15(7-8)10(16)4-2/h8H,3-7H2,1-2H3,(H,12,13,14). The quantitative estimate of drug-likeness (QED) is 0.885. The Morgan fingerprint density at radius 1 is 1.59 bits per heavy atom. The van der Waals surface area contributed by atoms with Crippen LogP contribution in [-0.2, 0) is 11.2 Å². The number of carbonyl (C=O) groups excluding carboxylic acids is 1. The fourth-order valence-electron chi connectivity index (χ4n) is 1.96. The van der Waals surface area contributed by atoms with Crippen LogP contribution < -0.4 is 5.32 Å². The van der Waals surface area contributed by atoms with E-state index in [4.69, 9.17) is 0 Å². The van der Waals surface area contributed by atoms with E-state index in [0.29, 0.717) is 12.5 Å². The maximum Gasteiger partial charge on any atom is 0.222 e. The van der Waals surface area contributed by atoms with Gasteiger partial charge in [0.15, 0.2) is 0 Å². The van der Waals surface area contributed by atoms with E-state index in [2.05, 4.69) is 14.7 Å². The van der Waals surface area contributed by atoms with Crippen molar-refractivity contribution < 1.29 is 4.79 Å². The molecule has 2 rings (SSSR count). The summed E-state index contributed by atoms with van der Waals surface area (Å²) >= 11 is 1.40. The van der Waals surface area contributed by atoms with Crippen molar-refractivity contribution in [2.24, 2.45) is 0 Å². The molecule has 1 saturated heterocycles. The highest BCUT2D eigenvalue weighted by molar-refractivity contribution is 7.09. The Balaban J connectivity index is 1.87. The van der Waals surface area contributed by atoms with Gasteiger partial charge in [0.25, 0.3) is 0 Å². The summed E-state index contributed by atoms with van der Waals surface area (Å²) in [6, 6.07) is 0.322. The van der Waals surface area contributed by atoms with Crippen molar-refractivity contribution >= 4 is 22.6 Å². The molecule has 1 fully saturated rings. The molecule has 2 heterocycles. The number of nitrogens with zero attached hydrogens (tertiary/aromatic N) is 3. The maximum atomic E-state index is 11.5. The first-order chi connectivity index (χ1) is 8.22. The fourth-order valence-corrected chi connectivity index (χ4v) is 2.69. The largest absolute Gasteiger partial charge is 0.356 e. The van der Waals surface area contributed by atoms with Crippen LogP contribution in [0, 0.1) is 0 Å². The average molecular weight is 254 g/mol. The summed E-state index contributed by atoms with van der Waals surface area (Å²) in [5, 5.41) is 4.23. The van der Waals surface area contributed by atoms with Crippen LogP contribution in [-0.4, -0.2) is 39.3 Å². The molecule has 1 aliphatic heterocycles. The van der Waals surface area contributed by atoms with Crippen molar-refractivity contribution in [2.45, 2.75) is 39.2 Å². The lowest BCUT2D eigenvalue weighted by molar-refractivity contribution is -0.129. The minimum Gasteiger partial charge on any atom is -0.356 e. The SMILES string of the molecule is CCC(=O)N1CCC(Nc2nc(CC)ns2)C1. The summed E-state index contributed by atoms with van der Waals surface area (Å²) in [6.07, 6.45) is 2.45. The Kier molecular flexibility index (Phi) is 3.93. The van der Waals surface area contributed by atoms with Crippen LogP contribution >= 0.6 is 11.5 Å². The highest BCUT2D eigenvalue weighted by Crippen LogP contribution is 2.18. The number of likely N-dealkylation sites (tertiary alicyclic amines) is 1. The van der Waals surface area contributed by atoms with E-state index in [1.54, 1.807) is 0 Å². The molecule has 1 aromatic heterocycles. The van der Waals surface area contributed by atoms with Crippen molar-refractivity contribution in [3.05, 3.63) is 5.82 Å². The molecule has 1 unspecified atom stereocenters. The Morgan fingerprint density at radius 2 is 2.41 bits per heavy atom. The normalized spacial score (nSPS) is 19.6. The van der Waals surface area contributed by atoms with E-state index in [1.807, 2.05) is 18.7 Å². The zero-order valence-electron chi connectivity index (χ0n) is 10.3. The van der Waals surface area contributed by atoms with Crippen LogP contribution in [0.4, 0.5) is 5.13 Å². The monoisotopic (exact) mass is 254 g/mol. The molecule has 0 radical (unpaired) electrons. The highest BCUT2D eigenvalue weighted by atomic mass is 32.1. The fraction of sp³-hybridized carbons (Fsp3) is 0.727. The Morgan fingerprint density at radius 3 is 3.06 bits per heavy atom. The van der Waals surface area contributed by atoms with Crippen molar-refractivity contribution in [1.82, 2.24) is 14.3 Å². The molecular weight excluding hydrogens is 236 g/mol. The molecule has 0 bridgehead atoms. The summed E-state index contributed by atoms with van der Waals surface area (Å²) < 4.78 is 4.23. The lowest BCUT2D eigenvalue weighted by atomic mass is 10.3. The molecule has 17 heavy (non-hydrogen) atoms. The third-order valence-corrected chi connectivity index (χ3v) is 3.64. The van der Waals surface area contributed by atoms with Crippen molar-refractivity contribution in [1.29, 1.82) is 0 Å². The summed E-state index contributed by atoms with van der Waals surface area (Å²) in [7, 11) is 0. The highest BCUT2D eigenvalue weighted by Gasteiger charge is 2.25. The van der Waals surface area contributed by atoms with E-state index in [9.17, 15) is 4.79 Å². The van der Waals surface area contributed by atoms with E-state index >= 15 is 0 Å². The number of aromatic nitrogens is 2. The molecule has 94 valence electrons. The molecular formula is C11H18N4OS. The Hall–Kier alpha value is -1.17. The van der Waals surface area contributed by atoms with Gasteiger partial charge in [-0.3, -0.25) is 4.79 Å². The lowest BCUT2D eigenvalue weighted by Gasteiger charge is -2.15. The van der Waals surface area contributed by atoms with E-state index in [0.717, 1.165) is 36.9 Å². The smallest absolute Gasteiger partial charge is 0.222 e. The molecule has 0 saturated carbocycles.